The van der Waals surface area contributed by atoms with Crippen molar-refractivity contribution in [2.24, 2.45) is 0 Å². The van der Waals surface area contributed by atoms with Gasteiger partial charge in [-0.25, -0.2) is 0 Å². The molecule has 0 heterocycles. The number of hydrogen-bond donors (Lipinski definition) is 0. The minimum Gasteiger partial charge on any atom is -0.0654 e. The van der Waals surface area contributed by atoms with Gasteiger partial charge in [0.1, 0.15) is 0 Å². The minimum atomic E-state index is 0.206. The van der Waals surface area contributed by atoms with E-state index in [-0.39, 0.29) is 5.41 Å². The fraction of sp³-hybridized carbons (Fsp3) is 0.438. The monoisotopic (exact) mass is 422 g/mol. The van der Waals surface area contributed by atoms with Crippen molar-refractivity contribution in [1.82, 2.24) is 0 Å². The lowest BCUT2D eigenvalue weighted by molar-refractivity contribution is 0.401. The lowest BCUT2D eigenvalue weighted by atomic mass is 9.70. The van der Waals surface area contributed by atoms with E-state index < -0.39 is 0 Å². The molecule has 0 radical (unpaired) electrons. The highest BCUT2D eigenvalue weighted by molar-refractivity contribution is 5.88. The quantitative estimate of drug-likeness (QED) is 0.223. The molecule has 0 atom stereocenters. The number of unbranched alkanes of at least 4 members (excludes halogenated alkanes) is 6. The summed E-state index contributed by atoms with van der Waals surface area (Å²) in [5.41, 5.74) is 12.4. The summed E-state index contributed by atoms with van der Waals surface area (Å²) >= 11 is 0. The maximum absolute atomic E-state index is 2.63. The van der Waals surface area contributed by atoms with Gasteiger partial charge in [-0.05, 0) is 69.8 Å². The van der Waals surface area contributed by atoms with E-state index in [4.69, 9.17) is 0 Å². The number of benzene rings is 3. The average molecular weight is 423 g/mol. The van der Waals surface area contributed by atoms with E-state index in [9.17, 15) is 0 Å². The van der Waals surface area contributed by atoms with Crippen LogP contribution in [-0.2, 0) is 11.8 Å². The van der Waals surface area contributed by atoms with Crippen molar-refractivity contribution in [1.29, 1.82) is 0 Å². The Morgan fingerprint density at radius 2 is 1.22 bits per heavy atom. The molecule has 0 nitrogen and oxygen atoms in total. The van der Waals surface area contributed by atoms with Crippen molar-refractivity contribution < 1.29 is 0 Å². The second-order valence-electron chi connectivity index (χ2n) is 10.1. The molecule has 2 aliphatic rings. The van der Waals surface area contributed by atoms with Crippen LogP contribution >= 0.6 is 0 Å². The molecule has 0 spiro atoms. The first-order valence-electron chi connectivity index (χ1n) is 13.1. The molecule has 3 aromatic rings. The Bertz CT molecular complexity index is 1070. The highest BCUT2D eigenvalue weighted by Gasteiger charge is 2.43. The van der Waals surface area contributed by atoms with Crippen molar-refractivity contribution in [2.75, 3.05) is 0 Å². The van der Waals surface area contributed by atoms with Crippen molar-refractivity contribution in [3.05, 3.63) is 82.9 Å². The maximum atomic E-state index is 2.63. The molecule has 0 fully saturated rings. The van der Waals surface area contributed by atoms with Crippen LogP contribution in [0.4, 0.5) is 0 Å². The molecule has 0 heteroatoms. The number of fused-ring (bicyclic) bond motifs is 6. The van der Waals surface area contributed by atoms with E-state index >= 15 is 0 Å². The average Bonchev–Trinajstić information content (AvgIpc) is 3.32. The van der Waals surface area contributed by atoms with Gasteiger partial charge in [-0.15, -0.1) is 0 Å². The van der Waals surface area contributed by atoms with Gasteiger partial charge in [-0.1, -0.05) is 120 Å². The zero-order valence-corrected chi connectivity index (χ0v) is 20.1. The molecule has 32 heavy (non-hydrogen) atoms. The number of rotatable bonds is 10. The topological polar surface area (TPSA) is 0 Å². The first-order chi connectivity index (χ1) is 15.8. The highest BCUT2D eigenvalue weighted by Crippen LogP contribution is 2.56. The van der Waals surface area contributed by atoms with E-state index in [0.29, 0.717) is 0 Å². The predicted molar refractivity (Wildman–Crippen MR) is 138 cm³/mol. The lowest BCUT2D eigenvalue weighted by Gasteiger charge is -2.33. The van der Waals surface area contributed by atoms with Gasteiger partial charge >= 0.3 is 0 Å². The van der Waals surface area contributed by atoms with E-state index in [1.54, 1.807) is 16.7 Å². The summed E-state index contributed by atoms with van der Waals surface area (Å²) in [5.74, 6) is 0. The van der Waals surface area contributed by atoms with Crippen LogP contribution in [0.2, 0.25) is 0 Å². The molecular weight excluding hydrogens is 384 g/mol. The molecule has 3 aromatic carbocycles. The molecule has 0 saturated heterocycles. The van der Waals surface area contributed by atoms with E-state index in [1.807, 2.05) is 0 Å². The van der Waals surface area contributed by atoms with E-state index in [0.717, 1.165) is 6.42 Å². The molecule has 0 amide bonds. The number of hydrogen-bond acceptors (Lipinski definition) is 0. The molecule has 0 bridgehead atoms. The third-order valence-electron chi connectivity index (χ3n) is 8.09. The largest absolute Gasteiger partial charge is 0.0654 e. The van der Waals surface area contributed by atoms with Crippen LogP contribution in [0.25, 0.3) is 22.3 Å². The van der Waals surface area contributed by atoms with Gasteiger partial charge in [-0.3, -0.25) is 0 Å². The van der Waals surface area contributed by atoms with Gasteiger partial charge in [-0.2, -0.15) is 0 Å². The molecule has 0 N–H and O–H groups in total. The molecular formula is C32H38. The van der Waals surface area contributed by atoms with Crippen molar-refractivity contribution in [3.63, 3.8) is 0 Å². The molecule has 0 aromatic heterocycles. The smallest absolute Gasteiger partial charge is 0.0215 e. The maximum Gasteiger partial charge on any atom is 0.0215 e. The predicted octanol–water partition coefficient (Wildman–Crippen LogP) is 9.47. The van der Waals surface area contributed by atoms with Crippen LogP contribution < -0.4 is 0 Å². The standard InChI is InChI=1S/C32H38/c1-3-5-7-13-19-32(20-14-8-6-4-2)30-18-12-11-17-27(30)29-23-28-25(22-31(29)32)21-24-15-9-10-16-26(24)28/h9-12,15-18,22-23H,3-8,13-14,19-21H2,1-2H3. The van der Waals surface area contributed by atoms with Gasteiger partial charge in [0.05, 0.1) is 0 Å². The van der Waals surface area contributed by atoms with Crippen LogP contribution in [0.15, 0.2) is 60.7 Å². The van der Waals surface area contributed by atoms with Gasteiger partial charge in [0.25, 0.3) is 0 Å². The summed E-state index contributed by atoms with van der Waals surface area (Å²) in [6.07, 6.45) is 14.4. The highest BCUT2D eigenvalue weighted by atomic mass is 14.5. The summed E-state index contributed by atoms with van der Waals surface area (Å²) < 4.78 is 0. The first-order valence-corrected chi connectivity index (χ1v) is 13.1. The Morgan fingerprint density at radius 3 is 1.94 bits per heavy atom. The summed E-state index contributed by atoms with van der Waals surface area (Å²) in [7, 11) is 0. The third kappa shape index (κ3) is 3.62. The Labute approximate surface area is 195 Å². The van der Waals surface area contributed by atoms with E-state index in [2.05, 4.69) is 74.5 Å². The van der Waals surface area contributed by atoms with E-state index in [1.165, 1.54) is 92.0 Å². The van der Waals surface area contributed by atoms with Crippen LogP contribution in [-0.4, -0.2) is 0 Å². The van der Waals surface area contributed by atoms with Gasteiger partial charge in [0.2, 0.25) is 0 Å². The molecule has 0 unspecified atom stereocenters. The van der Waals surface area contributed by atoms with Crippen molar-refractivity contribution in [2.45, 2.75) is 89.9 Å². The Hall–Kier alpha value is -2.34. The Balaban J connectivity index is 1.60. The van der Waals surface area contributed by atoms with Crippen LogP contribution in [0.5, 0.6) is 0 Å². The fourth-order valence-corrected chi connectivity index (χ4v) is 6.45. The lowest BCUT2D eigenvalue weighted by Crippen LogP contribution is -2.25. The third-order valence-corrected chi connectivity index (χ3v) is 8.09. The van der Waals surface area contributed by atoms with Crippen molar-refractivity contribution in [3.8, 4) is 22.3 Å². The molecule has 5 rings (SSSR count). The minimum absolute atomic E-state index is 0.206. The molecule has 0 saturated carbocycles. The van der Waals surface area contributed by atoms with Gasteiger partial charge < -0.3 is 0 Å². The van der Waals surface area contributed by atoms with Crippen LogP contribution in [0.3, 0.4) is 0 Å². The normalized spacial score (nSPS) is 14.7. The second kappa shape index (κ2) is 9.26. The SMILES string of the molecule is CCCCCCC1(CCCCCC)c2ccccc2-c2cc3c(cc21)Cc1ccccc1-3. The molecule has 0 aliphatic heterocycles. The van der Waals surface area contributed by atoms with Gasteiger partial charge in [0.15, 0.2) is 0 Å². The fourth-order valence-electron chi connectivity index (χ4n) is 6.45. The zero-order valence-electron chi connectivity index (χ0n) is 20.1. The summed E-state index contributed by atoms with van der Waals surface area (Å²) in [6, 6.07) is 23.6. The Morgan fingerprint density at radius 1 is 0.562 bits per heavy atom. The van der Waals surface area contributed by atoms with Crippen LogP contribution in [0.1, 0.15) is 100 Å². The zero-order chi connectivity index (χ0) is 22.0. The second-order valence-corrected chi connectivity index (χ2v) is 10.1. The first kappa shape index (κ1) is 21.5. The molecule has 166 valence electrons. The van der Waals surface area contributed by atoms with Crippen LogP contribution in [0, 0.1) is 0 Å². The summed E-state index contributed by atoms with van der Waals surface area (Å²) in [5, 5.41) is 0. The Kier molecular flexibility index (Phi) is 6.22. The summed E-state index contributed by atoms with van der Waals surface area (Å²) in [4.78, 5) is 0. The van der Waals surface area contributed by atoms with Crippen molar-refractivity contribution >= 4 is 0 Å². The molecule has 2 aliphatic carbocycles. The summed E-state index contributed by atoms with van der Waals surface area (Å²) in [6.45, 7) is 4.64. The van der Waals surface area contributed by atoms with Gasteiger partial charge in [0, 0.05) is 5.41 Å².